The van der Waals surface area contributed by atoms with Gasteiger partial charge in [0.25, 0.3) is 0 Å². The van der Waals surface area contributed by atoms with Crippen LogP contribution in [0.25, 0.3) is 0 Å². The van der Waals surface area contributed by atoms with Crippen LogP contribution in [0.15, 0.2) is 12.1 Å². The molecule has 0 fully saturated rings. The molecule has 0 aliphatic rings. The first-order valence-electron chi connectivity index (χ1n) is 5.73. The number of anilines is 2. The number of nitrogens with zero attached hydrogens (tertiary/aromatic N) is 2. The fourth-order valence-corrected chi connectivity index (χ4v) is 2.54. The number of amides is 2. The predicted octanol–water partition coefficient (Wildman–Crippen LogP) is 2.75. The smallest absolute Gasteiger partial charge is 0.324 e. The lowest BCUT2D eigenvalue weighted by molar-refractivity contribution is 0.262. The van der Waals surface area contributed by atoms with E-state index in [0.717, 1.165) is 9.88 Å². The van der Waals surface area contributed by atoms with Crippen molar-refractivity contribution < 1.29 is 9.53 Å². The van der Waals surface area contributed by atoms with Gasteiger partial charge in [0, 0.05) is 11.9 Å². The second-order valence-electron chi connectivity index (χ2n) is 4.08. The molecule has 2 N–H and O–H groups in total. The van der Waals surface area contributed by atoms with Gasteiger partial charge in [0.2, 0.25) is 5.88 Å². The van der Waals surface area contributed by atoms with E-state index in [4.69, 9.17) is 4.74 Å². The van der Waals surface area contributed by atoms with Crippen LogP contribution >= 0.6 is 11.3 Å². The Labute approximate surface area is 115 Å². The van der Waals surface area contributed by atoms with Crippen LogP contribution in [0.5, 0.6) is 5.88 Å². The molecule has 6 nitrogen and oxygen atoms in total. The Balaban J connectivity index is 2.11. The number of carbonyl (C=O) groups is 1. The molecule has 0 saturated heterocycles. The van der Waals surface area contributed by atoms with E-state index in [1.54, 1.807) is 18.8 Å². The molecule has 0 aromatic carbocycles. The standard InChI is InChI=1S/C12H16N4O2S/c1-7-5-6-9(19-7)13-12(17)14-10-8(2)15-16(3)11(10)18-4/h5-6H,1-4H3,(H2,13,14,17). The molecule has 2 amide bonds. The van der Waals surface area contributed by atoms with E-state index in [1.165, 1.54) is 11.3 Å². The third kappa shape index (κ3) is 2.87. The number of ether oxygens (including phenoxy) is 1. The minimum Gasteiger partial charge on any atom is -0.480 e. The molecule has 0 atom stereocenters. The molecule has 2 rings (SSSR count). The van der Waals surface area contributed by atoms with E-state index in [-0.39, 0.29) is 6.03 Å². The zero-order valence-corrected chi connectivity index (χ0v) is 12.1. The SMILES string of the molecule is COc1c(NC(=O)Nc2ccc(C)s2)c(C)nn1C. The fraction of sp³-hybridized carbons (Fsp3) is 0.333. The quantitative estimate of drug-likeness (QED) is 0.908. The predicted molar refractivity (Wildman–Crippen MR) is 76.2 cm³/mol. The van der Waals surface area contributed by atoms with Crippen molar-refractivity contribution in [1.29, 1.82) is 0 Å². The van der Waals surface area contributed by atoms with Crippen molar-refractivity contribution >= 4 is 28.1 Å². The molecule has 0 aliphatic heterocycles. The number of methoxy groups -OCH3 is 1. The molecule has 2 aromatic rings. The number of hydrogen-bond acceptors (Lipinski definition) is 4. The van der Waals surface area contributed by atoms with Gasteiger partial charge in [-0.15, -0.1) is 11.3 Å². The molecule has 102 valence electrons. The van der Waals surface area contributed by atoms with E-state index in [2.05, 4.69) is 15.7 Å². The monoisotopic (exact) mass is 280 g/mol. The fourth-order valence-electron chi connectivity index (χ4n) is 1.77. The Morgan fingerprint density at radius 3 is 2.68 bits per heavy atom. The zero-order chi connectivity index (χ0) is 14.0. The summed E-state index contributed by atoms with van der Waals surface area (Å²) in [7, 11) is 3.31. The highest BCUT2D eigenvalue weighted by Gasteiger charge is 2.16. The molecule has 0 unspecified atom stereocenters. The van der Waals surface area contributed by atoms with Crippen molar-refractivity contribution in [3.63, 3.8) is 0 Å². The van der Waals surface area contributed by atoms with Crippen LogP contribution in [0.3, 0.4) is 0 Å². The summed E-state index contributed by atoms with van der Waals surface area (Å²) < 4.78 is 6.80. The van der Waals surface area contributed by atoms with Gasteiger partial charge in [-0.05, 0) is 26.0 Å². The second kappa shape index (κ2) is 5.31. The summed E-state index contributed by atoms with van der Waals surface area (Å²) in [5, 5.41) is 10.5. The topological polar surface area (TPSA) is 68.2 Å². The van der Waals surface area contributed by atoms with Crippen molar-refractivity contribution in [1.82, 2.24) is 9.78 Å². The lowest BCUT2D eigenvalue weighted by Gasteiger charge is -2.07. The van der Waals surface area contributed by atoms with Gasteiger partial charge < -0.3 is 10.1 Å². The van der Waals surface area contributed by atoms with E-state index in [1.807, 2.05) is 26.0 Å². The Hall–Kier alpha value is -2.02. The van der Waals surface area contributed by atoms with Gasteiger partial charge in [0.15, 0.2) is 0 Å². The zero-order valence-electron chi connectivity index (χ0n) is 11.3. The van der Waals surface area contributed by atoms with E-state index >= 15 is 0 Å². The third-order valence-corrected chi connectivity index (χ3v) is 3.49. The molecule has 7 heteroatoms. The van der Waals surface area contributed by atoms with E-state index in [0.29, 0.717) is 17.3 Å². The first kappa shape index (κ1) is 13.4. The largest absolute Gasteiger partial charge is 0.480 e. The number of aryl methyl sites for hydroxylation is 3. The number of nitrogens with one attached hydrogen (secondary N) is 2. The summed E-state index contributed by atoms with van der Waals surface area (Å²) in [6.07, 6.45) is 0. The number of aromatic nitrogens is 2. The first-order chi connectivity index (χ1) is 9.01. The Bertz CT molecular complexity index is 603. The van der Waals surface area contributed by atoms with Gasteiger partial charge in [-0.1, -0.05) is 0 Å². The van der Waals surface area contributed by atoms with Crippen molar-refractivity contribution in [2.75, 3.05) is 17.7 Å². The lowest BCUT2D eigenvalue weighted by Crippen LogP contribution is -2.19. The van der Waals surface area contributed by atoms with Gasteiger partial charge in [-0.2, -0.15) is 5.10 Å². The molecular weight excluding hydrogens is 264 g/mol. The molecular formula is C12H16N4O2S. The third-order valence-electron chi connectivity index (χ3n) is 2.58. The molecule has 0 spiro atoms. The van der Waals surface area contributed by atoms with Crippen molar-refractivity contribution in [3.05, 3.63) is 22.7 Å². The molecule has 0 radical (unpaired) electrons. The maximum atomic E-state index is 11.9. The summed E-state index contributed by atoms with van der Waals surface area (Å²) in [5.74, 6) is 0.523. The van der Waals surface area contributed by atoms with E-state index in [9.17, 15) is 4.79 Å². The van der Waals surface area contributed by atoms with Gasteiger partial charge in [-0.3, -0.25) is 5.32 Å². The van der Waals surface area contributed by atoms with Gasteiger partial charge in [0.1, 0.15) is 5.69 Å². The summed E-state index contributed by atoms with van der Waals surface area (Å²) in [6, 6.07) is 3.51. The van der Waals surface area contributed by atoms with Crippen molar-refractivity contribution in [2.45, 2.75) is 13.8 Å². The van der Waals surface area contributed by atoms with Gasteiger partial charge in [-0.25, -0.2) is 9.48 Å². The summed E-state index contributed by atoms with van der Waals surface area (Å²) >= 11 is 1.52. The van der Waals surface area contributed by atoms with Gasteiger partial charge in [0.05, 0.1) is 17.8 Å². The van der Waals surface area contributed by atoms with E-state index < -0.39 is 0 Å². The average Bonchev–Trinajstić information content (AvgIpc) is 2.84. The summed E-state index contributed by atoms with van der Waals surface area (Å²) in [4.78, 5) is 13.1. The number of carbonyl (C=O) groups excluding carboxylic acids is 1. The van der Waals surface area contributed by atoms with Crippen LogP contribution in [0.2, 0.25) is 0 Å². The number of urea groups is 1. The van der Waals surface area contributed by atoms with Crippen LogP contribution < -0.4 is 15.4 Å². The highest BCUT2D eigenvalue weighted by Crippen LogP contribution is 2.27. The van der Waals surface area contributed by atoms with Crippen molar-refractivity contribution in [2.24, 2.45) is 7.05 Å². The highest BCUT2D eigenvalue weighted by atomic mass is 32.1. The Morgan fingerprint density at radius 1 is 1.37 bits per heavy atom. The summed E-state index contributed by atoms with van der Waals surface area (Å²) in [6.45, 7) is 3.80. The normalized spacial score (nSPS) is 10.3. The van der Waals surface area contributed by atoms with Crippen LogP contribution in [-0.4, -0.2) is 22.9 Å². The average molecular weight is 280 g/mol. The number of hydrogen-bond donors (Lipinski definition) is 2. The first-order valence-corrected chi connectivity index (χ1v) is 6.55. The molecule has 2 aromatic heterocycles. The van der Waals surface area contributed by atoms with Crippen LogP contribution in [0.1, 0.15) is 10.6 Å². The minimum atomic E-state index is -0.309. The molecule has 2 heterocycles. The van der Waals surface area contributed by atoms with Crippen molar-refractivity contribution in [3.8, 4) is 5.88 Å². The lowest BCUT2D eigenvalue weighted by atomic mass is 10.4. The van der Waals surface area contributed by atoms with Gasteiger partial charge >= 0.3 is 6.03 Å². The van der Waals surface area contributed by atoms with Crippen LogP contribution in [-0.2, 0) is 7.05 Å². The molecule has 0 aliphatic carbocycles. The number of rotatable bonds is 3. The summed E-state index contributed by atoms with van der Waals surface area (Å²) in [5.41, 5.74) is 1.28. The maximum Gasteiger partial charge on any atom is 0.324 e. The molecule has 19 heavy (non-hydrogen) atoms. The maximum absolute atomic E-state index is 11.9. The minimum absolute atomic E-state index is 0.309. The molecule has 0 saturated carbocycles. The Morgan fingerprint density at radius 2 is 2.11 bits per heavy atom. The second-order valence-corrected chi connectivity index (χ2v) is 5.37. The van der Waals surface area contributed by atoms with Crippen LogP contribution in [0, 0.1) is 13.8 Å². The Kier molecular flexibility index (Phi) is 3.75. The number of thiophene rings is 1. The molecule has 0 bridgehead atoms. The van der Waals surface area contributed by atoms with Crippen LogP contribution in [0.4, 0.5) is 15.5 Å². The highest BCUT2D eigenvalue weighted by molar-refractivity contribution is 7.16.